The highest BCUT2D eigenvalue weighted by Crippen LogP contribution is 2.08. The topological polar surface area (TPSA) is 71.1 Å². The monoisotopic (exact) mass is 277 g/mol. The zero-order valence-corrected chi connectivity index (χ0v) is 11.8. The molecule has 0 aliphatic carbocycles. The summed E-state index contributed by atoms with van der Waals surface area (Å²) in [5.41, 5.74) is 0.986. The molecule has 17 heavy (non-hydrogen) atoms. The van der Waals surface area contributed by atoms with Gasteiger partial charge in [-0.1, -0.05) is 6.92 Å². The van der Waals surface area contributed by atoms with Gasteiger partial charge in [-0.05, 0) is 13.5 Å². The Morgan fingerprint density at radius 3 is 2.76 bits per heavy atom. The average molecular weight is 277 g/mol. The SMILES string of the molecule is CCNCCS(=O)(=O)NCCc1nc(C)cs1. The molecule has 0 aromatic carbocycles. The Hall–Kier alpha value is -0.500. The summed E-state index contributed by atoms with van der Waals surface area (Å²) in [5.74, 6) is 0.123. The number of sulfonamides is 1. The number of aromatic nitrogens is 1. The molecule has 0 aliphatic rings. The zero-order valence-electron chi connectivity index (χ0n) is 10.2. The van der Waals surface area contributed by atoms with Gasteiger partial charge in [0.25, 0.3) is 0 Å². The van der Waals surface area contributed by atoms with Crippen molar-refractivity contribution >= 4 is 21.4 Å². The Morgan fingerprint density at radius 2 is 2.18 bits per heavy atom. The highest BCUT2D eigenvalue weighted by atomic mass is 32.2. The third kappa shape index (κ3) is 6.11. The van der Waals surface area contributed by atoms with Crippen LogP contribution >= 0.6 is 11.3 Å². The van der Waals surface area contributed by atoms with Crippen molar-refractivity contribution in [1.82, 2.24) is 15.0 Å². The molecule has 0 spiro atoms. The van der Waals surface area contributed by atoms with E-state index in [4.69, 9.17) is 0 Å². The molecule has 0 bridgehead atoms. The van der Waals surface area contributed by atoms with Gasteiger partial charge < -0.3 is 5.32 Å². The Labute approximate surface area is 107 Å². The van der Waals surface area contributed by atoms with Crippen molar-refractivity contribution in [2.75, 3.05) is 25.4 Å². The van der Waals surface area contributed by atoms with Crippen molar-refractivity contribution in [2.45, 2.75) is 20.3 Å². The number of thiazole rings is 1. The summed E-state index contributed by atoms with van der Waals surface area (Å²) in [4.78, 5) is 4.28. The number of nitrogens with zero attached hydrogens (tertiary/aromatic N) is 1. The predicted molar refractivity (Wildman–Crippen MR) is 70.9 cm³/mol. The first-order valence-corrected chi connectivity index (χ1v) is 8.16. The summed E-state index contributed by atoms with van der Waals surface area (Å²) in [6.45, 7) is 5.57. The Balaban J connectivity index is 2.25. The molecule has 1 aromatic heterocycles. The molecule has 0 saturated heterocycles. The van der Waals surface area contributed by atoms with E-state index in [1.165, 1.54) is 0 Å². The molecule has 0 radical (unpaired) electrons. The van der Waals surface area contributed by atoms with Crippen LogP contribution in [0.3, 0.4) is 0 Å². The molecule has 0 atom stereocenters. The molecule has 7 heteroatoms. The summed E-state index contributed by atoms with van der Waals surface area (Å²) < 4.78 is 25.6. The summed E-state index contributed by atoms with van der Waals surface area (Å²) >= 11 is 1.56. The van der Waals surface area contributed by atoms with Gasteiger partial charge in [0.1, 0.15) is 0 Å². The maximum Gasteiger partial charge on any atom is 0.212 e. The molecule has 0 unspecified atom stereocenters. The minimum absolute atomic E-state index is 0.123. The van der Waals surface area contributed by atoms with E-state index < -0.39 is 10.0 Å². The van der Waals surface area contributed by atoms with Gasteiger partial charge in [0.05, 0.1) is 10.8 Å². The van der Waals surface area contributed by atoms with Crippen molar-refractivity contribution < 1.29 is 8.42 Å². The molecule has 5 nitrogen and oxygen atoms in total. The van der Waals surface area contributed by atoms with Crippen LogP contribution in [0.1, 0.15) is 17.6 Å². The largest absolute Gasteiger partial charge is 0.316 e. The third-order valence-electron chi connectivity index (χ3n) is 2.12. The molecule has 98 valence electrons. The van der Waals surface area contributed by atoms with Gasteiger partial charge in [-0.15, -0.1) is 11.3 Å². The summed E-state index contributed by atoms with van der Waals surface area (Å²) in [5, 5.41) is 5.92. The van der Waals surface area contributed by atoms with Crippen LogP contribution in [-0.2, 0) is 16.4 Å². The standard InChI is InChI=1S/C10H19N3O2S2/c1-3-11-6-7-17(14,15)12-5-4-10-13-9(2)8-16-10/h8,11-12H,3-7H2,1-2H3. The normalized spacial score (nSPS) is 11.9. The Morgan fingerprint density at radius 1 is 1.41 bits per heavy atom. The Bertz CT molecular complexity index is 429. The second-order valence-corrected chi connectivity index (χ2v) is 6.57. The van der Waals surface area contributed by atoms with Crippen LogP contribution in [-0.4, -0.2) is 38.8 Å². The van der Waals surface area contributed by atoms with Crippen molar-refractivity contribution in [3.05, 3.63) is 16.1 Å². The van der Waals surface area contributed by atoms with Gasteiger partial charge in [0, 0.05) is 30.6 Å². The molecule has 0 amide bonds. The lowest BCUT2D eigenvalue weighted by atomic mass is 10.4. The number of hydrogen-bond acceptors (Lipinski definition) is 5. The van der Waals surface area contributed by atoms with E-state index in [9.17, 15) is 8.42 Å². The van der Waals surface area contributed by atoms with Gasteiger partial charge in [-0.3, -0.25) is 0 Å². The fourth-order valence-electron chi connectivity index (χ4n) is 1.29. The van der Waals surface area contributed by atoms with E-state index in [0.717, 1.165) is 17.2 Å². The second kappa shape index (κ2) is 7.05. The fourth-order valence-corrected chi connectivity index (χ4v) is 3.03. The first-order valence-electron chi connectivity index (χ1n) is 5.62. The van der Waals surface area contributed by atoms with Crippen molar-refractivity contribution in [3.8, 4) is 0 Å². The van der Waals surface area contributed by atoms with Crippen molar-refractivity contribution in [1.29, 1.82) is 0 Å². The van der Waals surface area contributed by atoms with Crippen LogP contribution in [0.25, 0.3) is 0 Å². The van der Waals surface area contributed by atoms with Gasteiger partial charge >= 0.3 is 0 Å². The quantitative estimate of drug-likeness (QED) is 0.680. The maximum absolute atomic E-state index is 11.5. The Kier molecular flexibility index (Phi) is 6.04. The number of rotatable bonds is 8. The van der Waals surface area contributed by atoms with E-state index in [1.807, 2.05) is 19.2 Å². The summed E-state index contributed by atoms with van der Waals surface area (Å²) in [6, 6.07) is 0. The zero-order chi connectivity index (χ0) is 12.7. The first-order chi connectivity index (χ1) is 8.03. The van der Waals surface area contributed by atoms with Crippen LogP contribution in [0.2, 0.25) is 0 Å². The third-order valence-corrected chi connectivity index (χ3v) is 4.54. The van der Waals surface area contributed by atoms with Crippen LogP contribution in [0.4, 0.5) is 0 Å². The molecular weight excluding hydrogens is 258 g/mol. The minimum atomic E-state index is -3.15. The van der Waals surface area contributed by atoms with E-state index in [0.29, 0.717) is 19.5 Å². The average Bonchev–Trinajstić information content (AvgIpc) is 2.64. The van der Waals surface area contributed by atoms with Gasteiger partial charge in [-0.25, -0.2) is 18.1 Å². The highest BCUT2D eigenvalue weighted by Gasteiger charge is 2.09. The van der Waals surface area contributed by atoms with Crippen LogP contribution in [0, 0.1) is 6.92 Å². The van der Waals surface area contributed by atoms with Crippen LogP contribution < -0.4 is 10.0 Å². The van der Waals surface area contributed by atoms with Crippen molar-refractivity contribution in [3.63, 3.8) is 0 Å². The van der Waals surface area contributed by atoms with Crippen LogP contribution in [0.5, 0.6) is 0 Å². The van der Waals surface area contributed by atoms with E-state index in [1.54, 1.807) is 11.3 Å². The molecule has 0 fully saturated rings. The second-order valence-electron chi connectivity index (χ2n) is 3.70. The smallest absolute Gasteiger partial charge is 0.212 e. The van der Waals surface area contributed by atoms with Crippen molar-refractivity contribution in [2.24, 2.45) is 0 Å². The molecule has 0 saturated carbocycles. The van der Waals surface area contributed by atoms with Crippen LogP contribution in [0.15, 0.2) is 5.38 Å². The molecule has 1 aromatic rings. The lowest BCUT2D eigenvalue weighted by Crippen LogP contribution is -2.33. The van der Waals surface area contributed by atoms with Gasteiger partial charge in [0.2, 0.25) is 10.0 Å². The van der Waals surface area contributed by atoms with E-state index in [2.05, 4.69) is 15.0 Å². The molecule has 0 aliphatic heterocycles. The minimum Gasteiger partial charge on any atom is -0.316 e. The molecular formula is C10H19N3O2S2. The van der Waals surface area contributed by atoms with Gasteiger partial charge in [0.15, 0.2) is 0 Å². The number of aryl methyl sites for hydroxylation is 1. The lowest BCUT2D eigenvalue weighted by molar-refractivity contribution is 0.577. The fraction of sp³-hybridized carbons (Fsp3) is 0.700. The number of nitrogens with one attached hydrogen (secondary N) is 2. The molecule has 1 rings (SSSR count). The summed E-state index contributed by atoms with van der Waals surface area (Å²) in [7, 11) is -3.15. The molecule has 2 N–H and O–H groups in total. The van der Waals surface area contributed by atoms with E-state index >= 15 is 0 Å². The predicted octanol–water partition coefficient (Wildman–Crippen LogP) is 0.523. The maximum atomic E-state index is 11.5. The van der Waals surface area contributed by atoms with E-state index in [-0.39, 0.29) is 5.75 Å². The lowest BCUT2D eigenvalue weighted by Gasteiger charge is -2.05. The summed E-state index contributed by atoms with van der Waals surface area (Å²) in [6.07, 6.45) is 0.652. The highest BCUT2D eigenvalue weighted by molar-refractivity contribution is 7.89. The van der Waals surface area contributed by atoms with Gasteiger partial charge in [-0.2, -0.15) is 0 Å². The molecule has 1 heterocycles. The number of hydrogen-bond donors (Lipinski definition) is 2. The first kappa shape index (κ1) is 14.6.